The normalized spacial score (nSPS) is 30.4. The average Bonchev–Trinajstić information content (AvgIpc) is 2.95. The molecule has 1 aliphatic heterocycles. The van der Waals surface area contributed by atoms with E-state index in [0.29, 0.717) is 18.1 Å². The fourth-order valence-corrected chi connectivity index (χ4v) is 3.74. The molecule has 114 valence electrons. The molecule has 2 fully saturated rings. The molecule has 3 rings (SSSR count). The number of guanidine groups is 1. The third-order valence-corrected chi connectivity index (χ3v) is 4.92. The highest BCUT2D eigenvalue weighted by Gasteiger charge is 2.59. The maximum absolute atomic E-state index is 5.84. The summed E-state index contributed by atoms with van der Waals surface area (Å²) in [4.78, 5) is 4.36. The van der Waals surface area contributed by atoms with Crippen molar-refractivity contribution in [2.45, 2.75) is 39.0 Å². The van der Waals surface area contributed by atoms with Crippen molar-refractivity contribution in [3.05, 3.63) is 35.9 Å². The van der Waals surface area contributed by atoms with Crippen LogP contribution in [0.4, 0.5) is 0 Å². The molecule has 0 amide bonds. The predicted octanol–water partition coefficient (Wildman–Crippen LogP) is 2.17. The second-order valence-corrected chi connectivity index (χ2v) is 6.60. The Morgan fingerprint density at radius 2 is 2.10 bits per heavy atom. The highest BCUT2D eigenvalue weighted by atomic mass is 16.5. The minimum Gasteiger partial charge on any atom is -0.377 e. The molecule has 1 heterocycles. The van der Waals surface area contributed by atoms with Crippen LogP contribution in [0.1, 0.15) is 25.8 Å². The van der Waals surface area contributed by atoms with Gasteiger partial charge in [-0.05, 0) is 12.0 Å². The molecule has 1 aromatic rings. The van der Waals surface area contributed by atoms with E-state index < -0.39 is 0 Å². The summed E-state index contributed by atoms with van der Waals surface area (Å²) < 4.78 is 5.84. The summed E-state index contributed by atoms with van der Waals surface area (Å²) in [6.45, 7) is 6.24. The number of benzene rings is 1. The first kappa shape index (κ1) is 14.4. The van der Waals surface area contributed by atoms with E-state index in [2.05, 4.69) is 53.7 Å². The van der Waals surface area contributed by atoms with Gasteiger partial charge in [0.1, 0.15) is 0 Å². The van der Waals surface area contributed by atoms with E-state index in [0.717, 1.165) is 25.5 Å². The molecule has 0 bridgehead atoms. The molecule has 0 aromatic heterocycles. The van der Waals surface area contributed by atoms with Crippen LogP contribution in [-0.4, -0.2) is 31.8 Å². The minimum atomic E-state index is 0.172. The predicted molar refractivity (Wildman–Crippen MR) is 85.2 cm³/mol. The van der Waals surface area contributed by atoms with Crippen molar-refractivity contribution >= 4 is 5.96 Å². The van der Waals surface area contributed by atoms with E-state index in [1.807, 2.05) is 13.1 Å². The number of aliphatic imine (C=N–C) groups is 1. The number of nitrogens with one attached hydrogen (secondary N) is 2. The maximum atomic E-state index is 5.84. The molecule has 1 saturated carbocycles. The fourth-order valence-electron chi connectivity index (χ4n) is 3.74. The average molecular weight is 287 g/mol. The van der Waals surface area contributed by atoms with Gasteiger partial charge in [-0.15, -0.1) is 0 Å². The quantitative estimate of drug-likeness (QED) is 0.661. The summed E-state index contributed by atoms with van der Waals surface area (Å²) >= 11 is 0. The molecule has 3 atom stereocenters. The lowest BCUT2D eigenvalue weighted by Crippen LogP contribution is -2.67. The maximum Gasteiger partial charge on any atom is 0.191 e. The summed E-state index contributed by atoms with van der Waals surface area (Å²) in [5, 5.41) is 6.99. The molecule has 21 heavy (non-hydrogen) atoms. The van der Waals surface area contributed by atoms with Crippen LogP contribution in [0.15, 0.2) is 35.3 Å². The van der Waals surface area contributed by atoms with Gasteiger partial charge in [-0.1, -0.05) is 44.2 Å². The van der Waals surface area contributed by atoms with Gasteiger partial charge in [0.15, 0.2) is 5.96 Å². The Labute approximate surface area is 127 Å². The zero-order valence-electron chi connectivity index (χ0n) is 13.1. The Hall–Kier alpha value is -1.55. The first-order valence-electron chi connectivity index (χ1n) is 7.75. The molecule has 1 aromatic carbocycles. The van der Waals surface area contributed by atoms with E-state index in [4.69, 9.17) is 4.74 Å². The Kier molecular flexibility index (Phi) is 3.89. The van der Waals surface area contributed by atoms with Crippen LogP contribution >= 0.6 is 0 Å². The third-order valence-electron chi connectivity index (χ3n) is 4.92. The van der Waals surface area contributed by atoms with E-state index in [1.54, 1.807) is 0 Å². The molecule has 0 spiro atoms. The molecule has 4 heteroatoms. The number of hydrogen-bond donors (Lipinski definition) is 2. The first-order chi connectivity index (χ1) is 10.1. The van der Waals surface area contributed by atoms with Gasteiger partial charge in [0.2, 0.25) is 0 Å². The molecule has 0 radical (unpaired) electrons. The summed E-state index contributed by atoms with van der Waals surface area (Å²) in [6.07, 6.45) is 1.56. The smallest absolute Gasteiger partial charge is 0.191 e. The van der Waals surface area contributed by atoms with Crippen LogP contribution in [-0.2, 0) is 11.3 Å². The van der Waals surface area contributed by atoms with Gasteiger partial charge in [0.05, 0.1) is 6.10 Å². The van der Waals surface area contributed by atoms with Gasteiger partial charge in [-0.2, -0.15) is 0 Å². The Morgan fingerprint density at radius 1 is 1.33 bits per heavy atom. The number of nitrogens with zero attached hydrogens (tertiary/aromatic N) is 1. The minimum absolute atomic E-state index is 0.172. The fraction of sp³-hybridized carbons (Fsp3) is 0.588. The molecule has 1 saturated heterocycles. The topological polar surface area (TPSA) is 45.7 Å². The molecule has 2 aliphatic rings. The highest BCUT2D eigenvalue weighted by molar-refractivity contribution is 5.80. The molecule has 3 unspecified atom stereocenters. The van der Waals surface area contributed by atoms with Crippen LogP contribution in [0.3, 0.4) is 0 Å². The van der Waals surface area contributed by atoms with E-state index in [1.165, 1.54) is 5.56 Å². The van der Waals surface area contributed by atoms with Crippen LogP contribution < -0.4 is 10.6 Å². The number of rotatable bonds is 3. The van der Waals surface area contributed by atoms with E-state index in [-0.39, 0.29) is 5.41 Å². The summed E-state index contributed by atoms with van der Waals surface area (Å²) in [5.74, 6) is 1.50. The van der Waals surface area contributed by atoms with Crippen molar-refractivity contribution in [1.82, 2.24) is 10.6 Å². The second-order valence-electron chi connectivity index (χ2n) is 6.60. The highest BCUT2D eigenvalue weighted by Crippen LogP contribution is 2.52. The van der Waals surface area contributed by atoms with Crippen LogP contribution in [0.2, 0.25) is 0 Å². The number of hydrogen-bond acceptors (Lipinski definition) is 2. The van der Waals surface area contributed by atoms with Crippen molar-refractivity contribution in [3.8, 4) is 0 Å². The summed E-state index contributed by atoms with van der Waals surface area (Å²) in [7, 11) is 1.83. The third kappa shape index (κ3) is 2.64. The van der Waals surface area contributed by atoms with Crippen molar-refractivity contribution in [2.75, 3.05) is 13.7 Å². The zero-order valence-corrected chi connectivity index (χ0v) is 13.1. The van der Waals surface area contributed by atoms with Crippen LogP contribution in [0.25, 0.3) is 0 Å². The lowest BCUT2D eigenvalue weighted by molar-refractivity contribution is -0.106. The van der Waals surface area contributed by atoms with Crippen molar-refractivity contribution < 1.29 is 4.74 Å². The number of ether oxygens (including phenoxy) is 1. The Balaban J connectivity index is 1.58. The lowest BCUT2D eigenvalue weighted by atomic mass is 9.57. The Bertz CT molecular complexity index is 512. The standard InChI is InChI=1S/C17H25N3O/c1-17(2)14(13-9-10-21-15(13)17)20-16(18-3)19-11-12-7-5-4-6-8-12/h4-8,13-15H,9-11H2,1-3H3,(H2,18,19,20). The van der Waals surface area contributed by atoms with Crippen LogP contribution in [0.5, 0.6) is 0 Å². The van der Waals surface area contributed by atoms with Gasteiger partial charge >= 0.3 is 0 Å². The molecule has 1 aliphatic carbocycles. The summed E-state index contributed by atoms with van der Waals surface area (Å²) in [5.41, 5.74) is 1.43. The largest absolute Gasteiger partial charge is 0.377 e. The number of fused-ring (bicyclic) bond motifs is 1. The molecule has 2 N–H and O–H groups in total. The van der Waals surface area contributed by atoms with Crippen LogP contribution in [0, 0.1) is 11.3 Å². The molecule has 4 nitrogen and oxygen atoms in total. The van der Waals surface area contributed by atoms with Gasteiger partial charge < -0.3 is 15.4 Å². The molecular formula is C17H25N3O. The van der Waals surface area contributed by atoms with Gasteiger partial charge in [-0.25, -0.2) is 0 Å². The SMILES string of the molecule is CN=C(NCc1ccccc1)NC1C2CCOC2C1(C)C. The lowest BCUT2D eigenvalue weighted by Gasteiger charge is -2.54. The first-order valence-corrected chi connectivity index (χ1v) is 7.75. The van der Waals surface area contributed by atoms with Gasteiger partial charge in [0, 0.05) is 37.6 Å². The van der Waals surface area contributed by atoms with Gasteiger partial charge in [-0.3, -0.25) is 4.99 Å². The monoisotopic (exact) mass is 287 g/mol. The van der Waals surface area contributed by atoms with Crippen molar-refractivity contribution in [2.24, 2.45) is 16.3 Å². The van der Waals surface area contributed by atoms with E-state index in [9.17, 15) is 0 Å². The molecular weight excluding hydrogens is 262 g/mol. The van der Waals surface area contributed by atoms with Gasteiger partial charge in [0.25, 0.3) is 0 Å². The Morgan fingerprint density at radius 3 is 2.81 bits per heavy atom. The summed E-state index contributed by atoms with van der Waals surface area (Å²) in [6, 6.07) is 10.8. The van der Waals surface area contributed by atoms with E-state index >= 15 is 0 Å². The van der Waals surface area contributed by atoms with Crippen molar-refractivity contribution in [1.29, 1.82) is 0 Å². The van der Waals surface area contributed by atoms with Crippen molar-refractivity contribution in [3.63, 3.8) is 0 Å². The second kappa shape index (κ2) is 5.68. The zero-order chi connectivity index (χ0) is 14.9.